The first kappa shape index (κ1) is 20.6. The second-order valence-corrected chi connectivity index (χ2v) is 7.62. The number of nitrogens with one attached hydrogen (secondary N) is 1. The second kappa shape index (κ2) is 9.39. The quantitative estimate of drug-likeness (QED) is 0.596. The van der Waals surface area contributed by atoms with E-state index in [4.69, 9.17) is 5.26 Å². The van der Waals surface area contributed by atoms with Crippen LogP contribution in [0.3, 0.4) is 0 Å². The molecule has 3 aromatic rings. The van der Waals surface area contributed by atoms with Crippen molar-refractivity contribution in [1.82, 2.24) is 15.1 Å². The summed E-state index contributed by atoms with van der Waals surface area (Å²) in [6, 6.07) is 15.7. The van der Waals surface area contributed by atoms with Crippen molar-refractivity contribution >= 4 is 17.7 Å². The smallest absolute Gasteiger partial charge is 0.255 e. The van der Waals surface area contributed by atoms with Crippen molar-refractivity contribution in [2.45, 2.75) is 19.6 Å². The number of aryl methyl sites for hydroxylation is 1. The number of aromatic nitrogens is 2. The molecule has 0 spiro atoms. The molecule has 1 amide bonds. The fourth-order valence-corrected chi connectivity index (χ4v) is 3.93. The number of carbonyl (C=O) groups is 1. The lowest BCUT2D eigenvalue weighted by Gasteiger charge is -2.07. The summed E-state index contributed by atoms with van der Waals surface area (Å²) < 4.78 is 14.8. The van der Waals surface area contributed by atoms with E-state index < -0.39 is 0 Å². The average Bonchev–Trinajstić information content (AvgIpc) is 3.02. The third-order valence-corrected chi connectivity index (χ3v) is 5.52. The van der Waals surface area contributed by atoms with Crippen LogP contribution in [-0.4, -0.2) is 28.0 Å². The Morgan fingerprint density at radius 3 is 2.66 bits per heavy atom. The molecule has 0 saturated carbocycles. The van der Waals surface area contributed by atoms with E-state index in [1.54, 1.807) is 35.5 Å². The third-order valence-electron chi connectivity index (χ3n) is 4.52. The minimum absolute atomic E-state index is 0.175. The fourth-order valence-electron chi connectivity index (χ4n) is 3.07. The van der Waals surface area contributed by atoms with Gasteiger partial charge in [-0.3, -0.25) is 4.79 Å². The SMILES string of the molecule is Cc1nn(-c2ccc(F)cc2)c(C)c1C(=O)NCCSCc1ccccc1C#N. The van der Waals surface area contributed by atoms with Crippen molar-refractivity contribution in [2.75, 3.05) is 12.3 Å². The Morgan fingerprint density at radius 1 is 1.21 bits per heavy atom. The van der Waals surface area contributed by atoms with Crippen molar-refractivity contribution < 1.29 is 9.18 Å². The Kier molecular flexibility index (Phi) is 6.68. The Bertz CT molecular complexity index is 1050. The van der Waals surface area contributed by atoms with E-state index in [2.05, 4.69) is 16.5 Å². The summed E-state index contributed by atoms with van der Waals surface area (Å²) in [5, 5.41) is 16.5. The highest BCUT2D eigenvalue weighted by atomic mass is 32.2. The zero-order valence-electron chi connectivity index (χ0n) is 16.3. The van der Waals surface area contributed by atoms with E-state index in [1.807, 2.05) is 31.2 Å². The molecule has 148 valence electrons. The molecule has 5 nitrogen and oxygen atoms in total. The number of nitriles is 1. The van der Waals surface area contributed by atoms with Gasteiger partial charge in [0.05, 0.1) is 34.3 Å². The molecular formula is C22H21FN4OS. The van der Waals surface area contributed by atoms with Gasteiger partial charge in [-0.2, -0.15) is 22.1 Å². The summed E-state index contributed by atoms with van der Waals surface area (Å²) in [5.41, 5.74) is 4.26. The molecule has 1 N–H and O–H groups in total. The highest BCUT2D eigenvalue weighted by molar-refractivity contribution is 7.98. The molecule has 0 atom stereocenters. The van der Waals surface area contributed by atoms with Crippen LogP contribution in [0.4, 0.5) is 4.39 Å². The minimum Gasteiger partial charge on any atom is -0.351 e. The van der Waals surface area contributed by atoms with Gasteiger partial charge in [0.15, 0.2) is 0 Å². The standard InChI is InChI=1S/C22H21FN4OS/c1-15-21(16(2)27(26-15)20-9-7-19(23)8-10-20)22(28)25-11-12-29-14-18-6-4-3-5-17(18)13-24/h3-10H,11-12,14H2,1-2H3,(H,25,28). The summed E-state index contributed by atoms with van der Waals surface area (Å²) in [5.74, 6) is 0.963. The topological polar surface area (TPSA) is 70.7 Å². The predicted molar refractivity (Wildman–Crippen MR) is 113 cm³/mol. The first-order chi connectivity index (χ1) is 14.0. The van der Waals surface area contributed by atoms with Crippen LogP contribution < -0.4 is 5.32 Å². The molecular weight excluding hydrogens is 387 g/mol. The third kappa shape index (κ3) is 4.84. The van der Waals surface area contributed by atoms with E-state index in [9.17, 15) is 9.18 Å². The van der Waals surface area contributed by atoms with Gasteiger partial charge in [-0.1, -0.05) is 18.2 Å². The summed E-state index contributed by atoms with van der Waals surface area (Å²) >= 11 is 1.66. The number of thioether (sulfide) groups is 1. The molecule has 0 fully saturated rings. The molecule has 0 aliphatic heterocycles. The molecule has 0 radical (unpaired) electrons. The summed E-state index contributed by atoms with van der Waals surface area (Å²) in [7, 11) is 0. The van der Waals surface area contributed by atoms with Gasteiger partial charge in [-0.05, 0) is 49.7 Å². The molecule has 3 rings (SSSR count). The Balaban J connectivity index is 1.57. The van der Waals surface area contributed by atoms with Crippen molar-refractivity contribution in [3.8, 4) is 11.8 Å². The van der Waals surface area contributed by atoms with Gasteiger partial charge in [-0.15, -0.1) is 0 Å². The maximum atomic E-state index is 13.2. The normalized spacial score (nSPS) is 10.6. The highest BCUT2D eigenvalue weighted by Crippen LogP contribution is 2.19. The number of carbonyl (C=O) groups excluding carboxylic acids is 1. The van der Waals surface area contributed by atoms with Crippen LogP contribution in [0.5, 0.6) is 0 Å². The maximum absolute atomic E-state index is 13.2. The Labute approximate surface area is 173 Å². The molecule has 1 aromatic heterocycles. The Morgan fingerprint density at radius 2 is 1.93 bits per heavy atom. The molecule has 0 aliphatic carbocycles. The summed E-state index contributed by atoms with van der Waals surface area (Å²) in [6.45, 7) is 4.13. The van der Waals surface area contributed by atoms with Crippen LogP contribution in [0.25, 0.3) is 5.69 Å². The number of hydrogen-bond acceptors (Lipinski definition) is 4. The van der Waals surface area contributed by atoms with E-state index in [-0.39, 0.29) is 11.7 Å². The van der Waals surface area contributed by atoms with E-state index in [1.165, 1.54) is 12.1 Å². The van der Waals surface area contributed by atoms with Crippen LogP contribution in [0.1, 0.15) is 32.9 Å². The van der Waals surface area contributed by atoms with Gasteiger partial charge in [0.1, 0.15) is 5.82 Å². The van der Waals surface area contributed by atoms with Crippen LogP contribution in [-0.2, 0) is 5.75 Å². The van der Waals surface area contributed by atoms with Gasteiger partial charge in [-0.25, -0.2) is 9.07 Å². The van der Waals surface area contributed by atoms with Crippen LogP contribution in [0.15, 0.2) is 48.5 Å². The first-order valence-electron chi connectivity index (χ1n) is 9.17. The average molecular weight is 409 g/mol. The number of rotatable bonds is 7. The van der Waals surface area contributed by atoms with Gasteiger partial charge in [0.2, 0.25) is 0 Å². The Hall–Kier alpha value is -3.11. The predicted octanol–water partition coefficient (Wildman–Crippen LogP) is 4.16. The molecule has 0 bridgehead atoms. The monoisotopic (exact) mass is 408 g/mol. The highest BCUT2D eigenvalue weighted by Gasteiger charge is 2.19. The molecule has 7 heteroatoms. The number of benzene rings is 2. The minimum atomic E-state index is -0.317. The summed E-state index contributed by atoms with van der Waals surface area (Å²) in [6.07, 6.45) is 0. The number of halogens is 1. The maximum Gasteiger partial charge on any atom is 0.255 e. The van der Waals surface area contributed by atoms with Crippen molar-refractivity contribution in [2.24, 2.45) is 0 Å². The second-order valence-electron chi connectivity index (χ2n) is 6.51. The molecule has 29 heavy (non-hydrogen) atoms. The first-order valence-corrected chi connectivity index (χ1v) is 10.3. The lowest BCUT2D eigenvalue weighted by Crippen LogP contribution is -2.26. The summed E-state index contributed by atoms with van der Waals surface area (Å²) in [4.78, 5) is 12.6. The van der Waals surface area contributed by atoms with Crippen LogP contribution in [0, 0.1) is 31.0 Å². The van der Waals surface area contributed by atoms with Crippen LogP contribution >= 0.6 is 11.8 Å². The number of amides is 1. The molecule has 0 saturated heterocycles. The van der Waals surface area contributed by atoms with Crippen molar-refractivity contribution in [3.63, 3.8) is 0 Å². The van der Waals surface area contributed by atoms with E-state index in [0.717, 1.165) is 17.1 Å². The van der Waals surface area contributed by atoms with Gasteiger partial charge in [0.25, 0.3) is 5.91 Å². The van der Waals surface area contributed by atoms with Gasteiger partial charge < -0.3 is 5.32 Å². The molecule has 1 heterocycles. The van der Waals surface area contributed by atoms with E-state index >= 15 is 0 Å². The molecule has 2 aromatic carbocycles. The van der Waals surface area contributed by atoms with Gasteiger partial charge >= 0.3 is 0 Å². The largest absolute Gasteiger partial charge is 0.351 e. The zero-order chi connectivity index (χ0) is 20.8. The lowest BCUT2D eigenvalue weighted by atomic mass is 10.1. The molecule has 0 aliphatic rings. The van der Waals surface area contributed by atoms with E-state index in [0.29, 0.717) is 34.7 Å². The zero-order valence-corrected chi connectivity index (χ0v) is 17.1. The fraction of sp³-hybridized carbons (Fsp3) is 0.227. The van der Waals surface area contributed by atoms with Crippen LogP contribution in [0.2, 0.25) is 0 Å². The van der Waals surface area contributed by atoms with Gasteiger partial charge in [0, 0.05) is 18.1 Å². The van der Waals surface area contributed by atoms with Crippen molar-refractivity contribution in [1.29, 1.82) is 5.26 Å². The molecule has 0 unspecified atom stereocenters. The lowest BCUT2D eigenvalue weighted by molar-refractivity contribution is 0.0955. The number of nitrogens with zero attached hydrogens (tertiary/aromatic N) is 3. The van der Waals surface area contributed by atoms with Crippen molar-refractivity contribution in [3.05, 3.63) is 82.4 Å². The number of hydrogen-bond donors (Lipinski definition) is 1.